The number of piperazine rings is 1. The third kappa shape index (κ3) is 8.83. The summed E-state index contributed by atoms with van der Waals surface area (Å²) in [5.41, 5.74) is -2.38. The van der Waals surface area contributed by atoms with Crippen LogP contribution in [0.2, 0.25) is 5.02 Å². The molecule has 3 saturated heterocycles. The number of benzene rings is 2. The first kappa shape index (κ1) is 38.2. The normalized spacial score (nSPS) is 23.9. The average Bonchev–Trinajstić information content (AvgIpc) is 3.41. The number of hydrogen-bond donors (Lipinski definition) is 3. The molecule has 0 aliphatic carbocycles. The molecule has 13 nitrogen and oxygen atoms in total. The van der Waals surface area contributed by atoms with Gasteiger partial charge < -0.3 is 35.0 Å². The highest BCUT2D eigenvalue weighted by molar-refractivity contribution is 6.30. The molecule has 0 radical (unpaired) electrons. The summed E-state index contributed by atoms with van der Waals surface area (Å²) >= 11 is 5.87. The summed E-state index contributed by atoms with van der Waals surface area (Å²) in [6.07, 6.45) is 1.54. The number of ether oxygens (including phenoxy) is 2. The minimum Gasteiger partial charge on any atom is -0.444 e. The number of aromatic nitrogens is 2. The number of rotatable bonds is 8. The van der Waals surface area contributed by atoms with E-state index in [2.05, 4.69) is 25.5 Å². The van der Waals surface area contributed by atoms with Crippen LogP contribution < -0.4 is 20.4 Å². The molecular formula is C36H41ClF3N7O6. The highest BCUT2D eigenvalue weighted by Gasteiger charge is 2.52. The Morgan fingerprint density at radius 1 is 1.04 bits per heavy atom. The summed E-state index contributed by atoms with van der Waals surface area (Å²) < 4.78 is 54.2. The summed E-state index contributed by atoms with van der Waals surface area (Å²) in [4.78, 5) is 53.2. The van der Waals surface area contributed by atoms with Crippen LogP contribution in [0.4, 0.5) is 29.6 Å². The molecule has 3 amide bonds. The number of halogens is 4. The molecule has 0 bridgehead atoms. The molecule has 0 spiro atoms. The quantitative estimate of drug-likeness (QED) is 0.289. The van der Waals surface area contributed by atoms with E-state index in [-0.39, 0.29) is 42.7 Å². The fourth-order valence-electron chi connectivity index (χ4n) is 6.81. The number of aliphatic hydroxyl groups is 1. The van der Waals surface area contributed by atoms with E-state index in [1.165, 1.54) is 29.4 Å². The zero-order valence-electron chi connectivity index (χ0n) is 29.5. The Hall–Kier alpha value is -4.51. The predicted molar refractivity (Wildman–Crippen MR) is 188 cm³/mol. The van der Waals surface area contributed by atoms with Gasteiger partial charge in [0.25, 0.3) is 11.8 Å². The van der Waals surface area contributed by atoms with Crippen molar-refractivity contribution in [3.05, 3.63) is 82.4 Å². The highest BCUT2D eigenvalue weighted by atomic mass is 35.5. The molecule has 3 unspecified atom stereocenters. The molecule has 6 rings (SSSR count). The molecule has 3 fully saturated rings. The predicted octanol–water partition coefficient (Wildman–Crippen LogP) is 3.88. The molecule has 0 saturated carbocycles. The van der Waals surface area contributed by atoms with Gasteiger partial charge in [-0.15, -0.1) is 0 Å². The van der Waals surface area contributed by atoms with Gasteiger partial charge in [-0.25, -0.2) is 27.9 Å². The summed E-state index contributed by atoms with van der Waals surface area (Å²) in [5, 5.41) is 16.5. The van der Waals surface area contributed by atoms with Crippen molar-refractivity contribution in [2.75, 3.05) is 49.1 Å². The molecule has 17 heteroatoms. The van der Waals surface area contributed by atoms with Crippen molar-refractivity contribution in [2.45, 2.75) is 69.5 Å². The van der Waals surface area contributed by atoms with Crippen LogP contribution in [0.1, 0.15) is 50.8 Å². The maximum absolute atomic E-state index is 14.8. The summed E-state index contributed by atoms with van der Waals surface area (Å²) in [5.74, 6) is -3.14. The van der Waals surface area contributed by atoms with Crippen LogP contribution in [-0.4, -0.2) is 100 Å². The standard InChI is InChI=1S/C36H41ClF3N7O6/c1-35(2,3)53-34(50)44-29-16-25(20-52-30(29)27-15-23(38)4-5-28(27)40)45-8-10-46(11-9-45)33-42-18-26(19-43-33)47-7-6-36(51,32(47)49)31(48)41-17-21-12-22(37)14-24(39)13-21/h4-5,12-15,18-19,25,29-30,51H,6-11,16-17,20H2,1-3H3,(H,41,48)(H,44,50)/t25?,29?,30-,36?/m1/s1. The van der Waals surface area contributed by atoms with Gasteiger partial charge in [-0.3, -0.25) is 14.5 Å². The van der Waals surface area contributed by atoms with Crippen LogP contribution in [0.5, 0.6) is 0 Å². The molecule has 3 aliphatic heterocycles. The van der Waals surface area contributed by atoms with Crippen molar-refractivity contribution in [1.29, 1.82) is 0 Å². The number of alkyl carbamates (subject to hydrolysis) is 1. The molecule has 284 valence electrons. The zero-order chi connectivity index (χ0) is 38.1. The summed E-state index contributed by atoms with van der Waals surface area (Å²) in [6, 6.07) is 6.10. The van der Waals surface area contributed by atoms with Crippen LogP contribution in [-0.2, 0) is 25.6 Å². The second kappa shape index (κ2) is 15.5. The van der Waals surface area contributed by atoms with E-state index < -0.39 is 58.7 Å². The van der Waals surface area contributed by atoms with Crippen LogP contribution in [0.15, 0.2) is 48.8 Å². The van der Waals surface area contributed by atoms with E-state index in [9.17, 15) is 32.7 Å². The number of amides is 3. The number of carbonyl (C=O) groups is 3. The van der Waals surface area contributed by atoms with E-state index in [1.807, 2.05) is 4.90 Å². The van der Waals surface area contributed by atoms with E-state index in [0.29, 0.717) is 49.8 Å². The van der Waals surface area contributed by atoms with Crippen molar-refractivity contribution in [3.8, 4) is 0 Å². The Kier molecular flexibility index (Phi) is 11.1. The van der Waals surface area contributed by atoms with Crippen LogP contribution in [0.25, 0.3) is 0 Å². The number of nitrogens with zero attached hydrogens (tertiary/aromatic N) is 5. The van der Waals surface area contributed by atoms with Crippen molar-refractivity contribution < 1.29 is 42.1 Å². The SMILES string of the molecule is CC(C)(C)OC(=O)NC1CC(N2CCN(c3ncc(N4CCC(O)(C(=O)NCc5cc(F)cc(Cl)c5)C4=O)cn3)CC2)CO[C@@H]1c1cc(F)ccc1F. The molecule has 53 heavy (non-hydrogen) atoms. The van der Waals surface area contributed by atoms with E-state index in [0.717, 1.165) is 24.3 Å². The molecule has 1 aromatic heterocycles. The largest absolute Gasteiger partial charge is 0.444 e. The van der Waals surface area contributed by atoms with Gasteiger partial charge in [0, 0.05) is 62.3 Å². The van der Waals surface area contributed by atoms with Crippen LogP contribution in [0, 0.1) is 17.5 Å². The third-order valence-electron chi connectivity index (χ3n) is 9.42. The minimum absolute atomic E-state index is 0.0186. The number of hydrogen-bond acceptors (Lipinski definition) is 10. The van der Waals surface area contributed by atoms with Gasteiger partial charge in [-0.1, -0.05) is 11.6 Å². The lowest BCUT2D eigenvalue weighted by Crippen LogP contribution is -2.57. The van der Waals surface area contributed by atoms with Gasteiger partial charge in [0.1, 0.15) is 29.2 Å². The van der Waals surface area contributed by atoms with Gasteiger partial charge in [-0.05, 0) is 69.2 Å². The fraction of sp³-hybridized carbons (Fsp3) is 0.472. The van der Waals surface area contributed by atoms with Crippen LogP contribution >= 0.6 is 11.6 Å². The molecular weight excluding hydrogens is 719 g/mol. The average molecular weight is 760 g/mol. The van der Waals surface area contributed by atoms with Crippen molar-refractivity contribution in [3.63, 3.8) is 0 Å². The number of carbonyl (C=O) groups excluding carboxylic acids is 3. The summed E-state index contributed by atoms with van der Waals surface area (Å²) in [7, 11) is 0. The van der Waals surface area contributed by atoms with Crippen molar-refractivity contribution >= 4 is 41.1 Å². The highest BCUT2D eigenvalue weighted by Crippen LogP contribution is 2.34. The molecule has 2 aromatic carbocycles. The zero-order valence-corrected chi connectivity index (χ0v) is 30.2. The first-order valence-electron chi connectivity index (χ1n) is 17.2. The first-order chi connectivity index (χ1) is 25.1. The van der Waals surface area contributed by atoms with Gasteiger partial charge in [0.15, 0.2) is 0 Å². The topological polar surface area (TPSA) is 149 Å². The maximum Gasteiger partial charge on any atom is 0.407 e. The molecule has 3 aromatic rings. The van der Waals surface area contributed by atoms with Crippen molar-refractivity contribution in [2.24, 2.45) is 0 Å². The third-order valence-corrected chi connectivity index (χ3v) is 9.64. The molecule has 3 N–H and O–H groups in total. The van der Waals surface area contributed by atoms with Gasteiger partial charge >= 0.3 is 6.09 Å². The lowest BCUT2D eigenvalue weighted by molar-refractivity contribution is -0.149. The van der Waals surface area contributed by atoms with E-state index in [1.54, 1.807) is 20.8 Å². The van der Waals surface area contributed by atoms with Gasteiger partial charge in [0.2, 0.25) is 11.5 Å². The van der Waals surface area contributed by atoms with Crippen molar-refractivity contribution in [1.82, 2.24) is 25.5 Å². The fourth-order valence-corrected chi connectivity index (χ4v) is 7.06. The second-order valence-corrected chi connectivity index (χ2v) is 14.8. The minimum atomic E-state index is -2.32. The Labute approximate surface area is 309 Å². The first-order valence-corrected chi connectivity index (χ1v) is 17.6. The lowest BCUT2D eigenvalue weighted by Gasteiger charge is -2.44. The van der Waals surface area contributed by atoms with E-state index >= 15 is 0 Å². The molecule has 4 atom stereocenters. The summed E-state index contributed by atoms with van der Waals surface area (Å²) in [6.45, 7) is 7.61. The molecule has 3 aliphatic rings. The van der Waals surface area contributed by atoms with Gasteiger partial charge in [-0.2, -0.15) is 0 Å². The van der Waals surface area contributed by atoms with Crippen LogP contribution in [0.3, 0.4) is 0 Å². The Morgan fingerprint density at radius 2 is 1.75 bits per heavy atom. The smallest absolute Gasteiger partial charge is 0.407 e. The lowest BCUT2D eigenvalue weighted by atomic mass is 9.92. The van der Waals surface area contributed by atoms with E-state index in [4.69, 9.17) is 21.1 Å². The number of nitrogens with one attached hydrogen (secondary N) is 2. The van der Waals surface area contributed by atoms with Gasteiger partial charge in [0.05, 0.1) is 30.7 Å². The number of anilines is 2. The Balaban J connectivity index is 1.04. The monoisotopic (exact) mass is 759 g/mol. The maximum atomic E-state index is 14.8. The Morgan fingerprint density at radius 3 is 2.43 bits per heavy atom. The molecule has 4 heterocycles. The Bertz CT molecular complexity index is 1820. The second-order valence-electron chi connectivity index (χ2n) is 14.4.